The topological polar surface area (TPSA) is 35.5 Å². The fourth-order valence-electron chi connectivity index (χ4n) is 2.41. The molecule has 0 unspecified atom stereocenters. The zero-order chi connectivity index (χ0) is 16.4. The maximum absolute atomic E-state index is 12.3. The third kappa shape index (κ3) is 3.45. The van der Waals surface area contributed by atoms with Gasteiger partial charge in [-0.05, 0) is 40.8 Å². The van der Waals surface area contributed by atoms with Crippen molar-refractivity contribution in [3.8, 4) is 11.5 Å². The monoisotopic (exact) mass is 308 g/mol. The first-order valence-corrected chi connectivity index (χ1v) is 7.66. The van der Waals surface area contributed by atoms with Crippen molar-refractivity contribution in [1.29, 1.82) is 0 Å². The van der Waals surface area contributed by atoms with Gasteiger partial charge in [-0.15, -0.1) is 0 Å². The fraction of sp³-hybridized carbons (Fsp3) is 0.250. The van der Waals surface area contributed by atoms with Crippen molar-refractivity contribution < 1.29 is 14.3 Å². The minimum atomic E-state index is -0.0526. The number of carbonyl (C=O) groups is 1. The third-order valence-corrected chi connectivity index (χ3v) is 3.86. The van der Waals surface area contributed by atoms with E-state index in [2.05, 4.69) is 32.9 Å². The van der Waals surface area contributed by atoms with Crippen LogP contribution in [0.25, 0.3) is 6.08 Å². The number of carbonyl (C=O) groups excluding carboxylic acids is 1. The normalized spacial score (nSPS) is 13.5. The molecule has 0 N–H and O–H groups in total. The highest BCUT2D eigenvalue weighted by molar-refractivity contribution is 6.07. The Bertz CT molecular complexity index is 749. The summed E-state index contributed by atoms with van der Waals surface area (Å²) in [6.45, 7) is 6.76. The summed E-state index contributed by atoms with van der Waals surface area (Å²) >= 11 is 0. The molecular formula is C20H20O3. The average molecular weight is 308 g/mol. The molecule has 3 rings (SSSR count). The zero-order valence-corrected chi connectivity index (χ0v) is 13.6. The Hall–Kier alpha value is -2.55. The molecule has 1 aliphatic rings. The lowest BCUT2D eigenvalue weighted by atomic mass is 9.87. The molecule has 0 spiro atoms. The molecule has 2 aromatic carbocycles. The average Bonchev–Trinajstić information content (AvgIpc) is 2.99. The molecule has 0 amide bonds. The van der Waals surface area contributed by atoms with Gasteiger partial charge in [-0.25, -0.2) is 0 Å². The number of benzene rings is 2. The summed E-state index contributed by atoms with van der Waals surface area (Å²) < 4.78 is 10.5. The predicted molar refractivity (Wildman–Crippen MR) is 91.1 cm³/mol. The minimum Gasteiger partial charge on any atom is -0.454 e. The molecule has 0 aliphatic carbocycles. The number of fused-ring (bicyclic) bond motifs is 1. The van der Waals surface area contributed by atoms with Crippen LogP contribution in [0.5, 0.6) is 11.5 Å². The molecule has 0 fully saturated rings. The Kier molecular flexibility index (Phi) is 3.95. The van der Waals surface area contributed by atoms with Crippen molar-refractivity contribution in [2.75, 3.05) is 6.79 Å². The van der Waals surface area contributed by atoms with Gasteiger partial charge in [-0.2, -0.15) is 0 Å². The van der Waals surface area contributed by atoms with E-state index in [1.807, 2.05) is 18.2 Å². The first kappa shape index (κ1) is 15.3. The van der Waals surface area contributed by atoms with Gasteiger partial charge in [0.05, 0.1) is 0 Å². The van der Waals surface area contributed by atoms with Crippen LogP contribution in [0, 0.1) is 0 Å². The fourth-order valence-corrected chi connectivity index (χ4v) is 2.41. The predicted octanol–water partition coefficient (Wildman–Crippen LogP) is 4.61. The Labute approximate surface area is 136 Å². The van der Waals surface area contributed by atoms with Gasteiger partial charge in [0.1, 0.15) is 0 Å². The molecule has 0 saturated carbocycles. The van der Waals surface area contributed by atoms with Crippen LogP contribution in [-0.2, 0) is 5.41 Å². The van der Waals surface area contributed by atoms with Crippen LogP contribution in [-0.4, -0.2) is 12.6 Å². The van der Waals surface area contributed by atoms with Gasteiger partial charge in [0.15, 0.2) is 17.3 Å². The van der Waals surface area contributed by atoms with Crippen LogP contribution in [0.2, 0.25) is 0 Å². The number of hydrogen-bond acceptors (Lipinski definition) is 3. The van der Waals surface area contributed by atoms with E-state index in [1.54, 1.807) is 24.3 Å². The largest absolute Gasteiger partial charge is 0.454 e. The second-order valence-electron chi connectivity index (χ2n) is 6.64. The van der Waals surface area contributed by atoms with Crippen LogP contribution in [0.3, 0.4) is 0 Å². The van der Waals surface area contributed by atoms with E-state index in [1.165, 1.54) is 5.56 Å². The maximum Gasteiger partial charge on any atom is 0.231 e. The van der Waals surface area contributed by atoms with E-state index in [0.717, 1.165) is 5.56 Å². The summed E-state index contributed by atoms with van der Waals surface area (Å²) in [6.07, 6.45) is 3.42. The molecule has 2 aromatic rings. The molecule has 118 valence electrons. The summed E-state index contributed by atoms with van der Waals surface area (Å²) in [4.78, 5) is 12.3. The molecule has 0 aromatic heterocycles. The Morgan fingerprint density at radius 3 is 2.39 bits per heavy atom. The first-order valence-electron chi connectivity index (χ1n) is 7.66. The second kappa shape index (κ2) is 5.92. The molecule has 0 radical (unpaired) electrons. The lowest BCUT2D eigenvalue weighted by Gasteiger charge is -2.18. The zero-order valence-electron chi connectivity index (χ0n) is 13.6. The van der Waals surface area contributed by atoms with Crippen molar-refractivity contribution in [3.05, 3.63) is 65.2 Å². The molecule has 1 heterocycles. The first-order chi connectivity index (χ1) is 10.9. The Balaban J connectivity index is 1.73. The van der Waals surface area contributed by atoms with Gasteiger partial charge >= 0.3 is 0 Å². The molecule has 3 nitrogen and oxygen atoms in total. The number of ketones is 1. The van der Waals surface area contributed by atoms with Gasteiger partial charge in [0, 0.05) is 5.56 Å². The van der Waals surface area contributed by atoms with Gasteiger partial charge in [0.25, 0.3) is 0 Å². The number of allylic oxidation sites excluding steroid dienone is 1. The van der Waals surface area contributed by atoms with Gasteiger partial charge in [-0.1, -0.05) is 51.1 Å². The SMILES string of the molecule is CC(C)(C)c1ccc(/C=C\C(=O)c2ccc3c(c2)OCO3)cc1. The lowest BCUT2D eigenvalue weighted by Crippen LogP contribution is -2.10. The van der Waals surface area contributed by atoms with Crippen LogP contribution in [0.1, 0.15) is 42.3 Å². The van der Waals surface area contributed by atoms with Crippen molar-refractivity contribution in [2.45, 2.75) is 26.2 Å². The van der Waals surface area contributed by atoms with Crippen LogP contribution < -0.4 is 9.47 Å². The van der Waals surface area contributed by atoms with E-state index in [9.17, 15) is 4.79 Å². The van der Waals surface area contributed by atoms with E-state index in [4.69, 9.17) is 9.47 Å². The van der Waals surface area contributed by atoms with Crippen LogP contribution >= 0.6 is 0 Å². The molecule has 0 saturated heterocycles. The third-order valence-electron chi connectivity index (χ3n) is 3.86. The van der Waals surface area contributed by atoms with E-state index >= 15 is 0 Å². The molecule has 0 atom stereocenters. The smallest absolute Gasteiger partial charge is 0.231 e. The highest BCUT2D eigenvalue weighted by Crippen LogP contribution is 2.32. The minimum absolute atomic E-state index is 0.0526. The van der Waals surface area contributed by atoms with Gasteiger partial charge in [0.2, 0.25) is 6.79 Å². The van der Waals surface area contributed by atoms with Crippen molar-refractivity contribution in [3.63, 3.8) is 0 Å². The standard InChI is InChI=1S/C20H20O3/c1-20(2,3)16-8-4-14(5-9-16)6-10-17(21)15-7-11-18-19(12-15)23-13-22-18/h4-12H,13H2,1-3H3/b10-6-. The number of ether oxygens (including phenoxy) is 2. The number of rotatable bonds is 3. The molecule has 23 heavy (non-hydrogen) atoms. The van der Waals surface area contributed by atoms with E-state index < -0.39 is 0 Å². The highest BCUT2D eigenvalue weighted by Gasteiger charge is 2.15. The second-order valence-corrected chi connectivity index (χ2v) is 6.64. The van der Waals surface area contributed by atoms with Crippen molar-refractivity contribution >= 4 is 11.9 Å². The molecule has 3 heteroatoms. The van der Waals surface area contributed by atoms with Crippen LogP contribution in [0.4, 0.5) is 0 Å². The van der Waals surface area contributed by atoms with Gasteiger partial charge in [-0.3, -0.25) is 4.79 Å². The molecule has 0 bridgehead atoms. The van der Waals surface area contributed by atoms with E-state index in [0.29, 0.717) is 17.1 Å². The number of hydrogen-bond donors (Lipinski definition) is 0. The van der Waals surface area contributed by atoms with Crippen molar-refractivity contribution in [2.24, 2.45) is 0 Å². The Morgan fingerprint density at radius 1 is 1.00 bits per heavy atom. The lowest BCUT2D eigenvalue weighted by molar-refractivity contribution is 0.104. The quantitative estimate of drug-likeness (QED) is 0.613. The van der Waals surface area contributed by atoms with Crippen molar-refractivity contribution in [1.82, 2.24) is 0 Å². The summed E-state index contributed by atoms with van der Waals surface area (Å²) in [5.74, 6) is 1.25. The highest BCUT2D eigenvalue weighted by atomic mass is 16.7. The summed E-state index contributed by atoms with van der Waals surface area (Å²) in [5.41, 5.74) is 3.01. The molecular weight excluding hydrogens is 288 g/mol. The summed E-state index contributed by atoms with van der Waals surface area (Å²) in [7, 11) is 0. The van der Waals surface area contributed by atoms with Crippen LogP contribution in [0.15, 0.2) is 48.5 Å². The maximum atomic E-state index is 12.3. The van der Waals surface area contributed by atoms with Gasteiger partial charge < -0.3 is 9.47 Å². The Morgan fingerprint density at radius 2 is 1.70 bits per heavy atom. The summed E-state index contributed by atoms with van der Waals surface area (Å²) in [6, 6.07) is 13.5. The summed E-state index contributed by atoms with van der Waals surface area (Å²) in [5, 5.41) is 0. The van der Waals surface area contributed by atoms with E-state index in [-0.39, 0.29) is 18.0 Å². The molecule has 1 aliphatic heterocycles.